The van der Waals surface area contributed by atoms with Crippen molar-refractivity contribution in [3.63, 3.8) is 0 Å². The van der Waals surface area contributed by atoms with E-state index in [9.17, 15) is 8.78 Å². The zero-order valence-electron chi connectivity index (χ0n) is 13.0. The first-order valence-electron chi connectivity index (χ1n) is 7.45. The van der Waals surface area contributed by atoms with Crippen LogP contribution in [0.1, 0.15) is 31.4 Å². The third-order valence-corrected chi connectivity index (χ3v) is 4.75. The second-order valence-electron chi connectivity index (χ2n) is 5.69. The van der Waals surface area contributed by atoms with E-state index in [0.29, 0.717) is 35.4 Å². The summed E-state index contributed by atoms with van der Waals surface area (Å²) in [6, 6.07) is 1.66. The minimum Gasteiger partial charge on any atom is -0.481 e. The van der Waals surface area contributed by atoms with Gasteiger partial charge in [0, 0.05) is 36.0 Å². The highest BCUT2D eigenvalue weighted by Crippen LogP contribution is 2.34. The van der Waals surface area contributed by atoms with E-state index < -0.39 is 5.92 Å². The fourth-order valence-electron chi connectivity index (χ4n) is 2.55. The van der Waals surface area contributed by atoms with E-state index in [-0.39, 0.29) is 18.9 Å². The number of hydrogen-bond acceptors (Lipinski definition) is 6. The van der Waals surface area contributed by atoms with Crippen molar-refractivity contribution in [2.24, 2.45) is 0 Å². The quantitative estimate of drug-likeness (QED) is 0.914. The van der Waals surface area contributed by atoms with Gasteiger partial charge in [-0.15, -0.1) is 11.3 Å². The van der Waals surface area contributed by atoms with Crippen molar-refractivity contribution >= 4 is 17.2 Å². The summed E-state index contributed by atoms with van der Waals surface area (Å²) < 4.78 is 31.7. The van der Waals surface area contributed by atoms with Gasteiger partial charge in [0.15, 0.2) is 10.8 Å². The minimum atomic E-state index is -2.54. The van der Waals surface area contributed by atoms with Crippen molar-refractivity contribution in [3.8, 4) is 16.7 Å². The van der Waals surface area contributed by atoms with E-state index in [1.807, 2.05) is 12.3 Å². The van der Waals surface area contributed by atoms with Gasteiger partial charge in [0.1, 0.15) is 5.82 Å². The van der Waals surface area contributed by atoms with Gasteiger partial charge >= 0.3 is 0 Å². The van der Waals surface area contributed by atoms with Crippen LogP contribution >= 0.6 is 11.3 Å². The molecular formula is C15H18F2N4OS. The number of hydrogen-bond donors (Lipinski definition) is 1. The van der Waals surface area contributed by atoms with Crippen LogP contribution in [-0.2, 0) is 0 Å². The molecule has 124 valence electrons. The van der Waals surface area contributed by atoms with Crippen LogP contribution in [0.3, 0.4) is 0 Å². The highest BCUT2D eigenvalue weighted by Gasteiger charge is 2.35. The van der Waals surface area contributed by atoms with Gasteiger partial charge in [0.2, 0.25) is 11.8 Å². The molecule has 0 spiro atoms. The molecule has 1 N–H and O–H groups in total. The summed E-state index contributed by atoms with van der Waals surface area (Å²) in [7, 11) is 1.53. The van der Waals surface area contributed by atoms with Gasteiger partial charge in [-0.05, 0) is 19.8 Å². The number of thiazole rings is 1. The molecule has 0 radical (unpaired) electrons. The maximum atomic E-state index is 13.2. The Labute approximate surface area is 137 Å². The number of alkyl halides is 2. The first-order chi connectivity index (χ1) is 10.9. The van der Waals surface area contributed by atoms with Crippen molar-refractivity contribution in [2.75, 3.05) is 12.4 Å². The molecule has 1 fully saturated rings. The maximum absolute atomic E-state index is 13.2. The Hall–Kier alpha value is -1.83. The number of methoxy groups -OCH3 is 1. The Morgan fingerprint density at radius 1 is 1.26 bits per heavy atom. The average Bonchev–Trinajstić information content (AvgIpc) is 2.96. The number of nitrogens with zero attached hydrogens (tertiary/aromatic N) is 3. The SMILES string of the molecule is COc1cc(NC2CCC(F)(F)CC2)nc(-c2nc(C)cs2)n1. The molecule has 0 amide bonds. The predicted octanol–water partition coefficient (Wildman–Crippen LogP) is 3.91. The largest absolute Gasteiger partial charge is 0.481 e. The predicted molar refractivity (Wildman–Crippen MR) is 85.3 cm³/mol. The third-order valence-electron chi connectivity index (χ3n) is 3.79. The van der Waals surface area contributed by atoms with Gasteiger partial charge in [-0.25, -0.2) is 18.7 Å². The summed E-state index contributed by atoms with van der Waals surface area (Å²) >= 11 is 1.46. The van der Waals surface area contributed by atoms with E-state index in [4.69, 9.17) is 4.74 Å². The molecule has 1 saturated carbocycles. The smallest absolute Gasteiger partial charge is 0.248 e. The lowest BCUT2D eigenvalue weighted by Crippen LogP contribution is -2.32. The first-order valence-corrected chi connectivity index (χ1v) is 8.33. The zero-order valence-corrected chi connectivity index (χ0v) is 13.8. The van der Waals surface area contributed by atoms with Gasteiger partial charge in [-0.2, -0.15) is 4.98 Å². The van der Waals surface area contributed by atoms with Crippen LogP contribution in [0.25, 0.3) is 10.8 Å². The molecule has 3 rings (SSSR count). The van der Waals surface area contributed by atoms with Gasteiger partial charge in [-0.3, -0.25) is 0 Å². The van der Waals surface area contributed by atoms with Crippen LogP contribution in [0.5, 0.6) is 5.88 Å². The average molecular weight is 340 g/mol. The van der Waals surface area contributed by atoms with E-state index in [0.717, 1.165) is 5.69 Å². The number of nitrogens with one attached hydrogen (secondary N) is 1. The van der Waals surface area contributed by atoms with E-state index in [1.165, 1.54) is 18.4 Å². The summed E-state index contributed by atoms with van der Waals surface area (Å²) in [6.45, 7) is 1.90. The molecule has 0 saturated heterocycles. The van der Waals surface area contributed by atoms with E-state index in [2.05, 4.69) is 20.3 Å². The normalized spacial score (nSPS) is 17.9. The Balaban J connectivity index is 1.79. The zero-order chi connectivity index (χ0) is 16.4. The summed E-state index contributed by atoms with van der Waals surface area (Å²) in [5.74, 6) is -1.06. The Bertz CT molecular complexity index is 682. The summed E-state index contributed by atoms with van der Waals surface area (Å²) in [5, 5.41) is 5.86. The molecule has 0 aliphatic heterocycles. The summed E-state index contributed by atoms with van der Waals surface area (Å²) in [4.78, 5) is 13.1. The van der Waals surface area contributed by atoms with Crippen LogP contribution in [0.4, 0.5) is 14.6 Å². The number of rotatable bonds is 4. The van der Waals surface area contributed by atoms with Crippen LogP contribution < -0.4 is 10.1 Å². The molecule has 1 aliphatic rings. The number of aromatic nitrogens is 3. The Morgan fingerprint density at radius 3 is 2.61 bits per heavy atom. The number of ether oxygens (including phenoxy) is 1. The minimum absolute atomic E-state index is 0.0138. The Kier molecular flexibility index (Phi) is 4.43. The van der Waals surface area contributed by atoms with Crippen molar-refractivity contribution in [1.82, 2.24) is 15.0 Å². The van der Waals surface area contributed by atoms with Crippen LogP contribution in [0, 0.1) is 6.92 Å². The van der Waals surface area contributed by atoms with Crippen molar-refractivity contribution in [3.05, 3.63) is 17.1 Å². The molecule has 5 nitrogen and oxygen atoms in total. The fourth-order valence-corrected chi connectivity index (χ4v) is 3.28. The molecule has 0 atom stereocenters. The molecule has 0 aromatic carbocycles. The van der Waals surface area contributed by atoms with Crippen LogP contribution in [0.2, 0.25) is 0 Å². The van der Waals surface area contributed by atoms with Gasteiger partial charge in [0.25, 0.3) is 0 Å². The van der Waals surface area contributed by atoms with E-state index in [1.54, 1.807) is 6.07 Å². The Morgan fingerprint density at radius 2 is 2.00 bits per heavy atom. The second-order valence-corrected chi connectivity index (χ2v) is 6.55. The van der Waals surface area contributed by atoms with Crippen molar-refractivity contribution in [1.29, 1.82) is 0 Å². The van der Waals surface area contributed by atoms with Gasteiger partial charge in [-0.1, -0.05) is 0 Å². The van der Waals surface area contributed by atoms with Crippen molar-refractivity contribution in [2.45, 2.75) is 44.6 Å². The second kappa shape index (κ2) is 6.35. The number of anilines is 1. The van der Waals surface area contributed by atoms with Crippen LogP contribution in [-0.4, -0.2) is 34.0 Å². The number of halogens is 2. The van der Waals surface area contributed by atoms with Gasteiger partial charge in [0.05, 0.1) is 7.11 Å². The third kappa shape index (κ3) is 3.93. The lowest BCUT2D eigenvalue weighted by Gasteiger charge is -2.29. The highest BCUT2D eigenvalue weighted by molar-refractivity contribution is 7.13. The van der Waals surface area contributed by atoms with Crippen LogP contribution in [0.15, 0.2) is 11.4 Å². The molecule has 8 heteroatoms. The summed E-state index contributed by atoms with van der Waals surface area (Å²) in [5.41, 5.74) is 0.903. The molecule has 2 aromatic heterocycles. The first kappa shape index (κ1) is 16.0. The molecule has 2 aromatic rings. The summed E-state index contributed by atoms with van der Waals surface area (Å²) in [6.07, 6.45) is 0.660. The lowest BCUT2D eigenvalue weighted by molar-refractivity contribution is -0.0361. The van der Waals surface area contributed by atoms with E-state index >= 15 is 0 Å². The molecule has 23 heavy (non-hydrogen) atoms. The topological polar surface area (TPSA) is 59.9 Å². The maximum Gasteiger partial charge on any atom is 0.248 e. The molecule has 2 heterocycles. The van der Waals surface area contributed by atoms with Gasteiger partial charge < -0.3 is 10.1 Å². The standard InChI is InChI=1S/C15H18F2N4OS/c1-9-8-23-14(18-9)13-20-11(7-12(21-13)22-2)19-10-3-5-15(16,17)6-4-10/h7-8,10H,3-6H2,1-2H3,(H,19,20,21). The molecule has 0 unspecified atom stereocenters. The molecule has 0 bridgehead atoms. The monoisotopic (exact) mass is 340 g/mol. The lowest BCUT2D eigenvalue weighted by atomic mass is 9.92. The fraction of sp³-hybridized carbons (Fsp3) is 0.533. The molecule has 1 aliphatic carbocycles. The molecular weight excluding hydrogens is 322 g/mol. The van der Waals surface area contributed by atoms with Crippen molar-refractivity contribution < 1.29 is 13.5 Å². The number of aryl methyl sites for hydroxylation is 1. The highest BCUT2D eigenvalue weighted by atomic mass is 32.1.